The average Bonchev–Trinajstić information content (AvgIpc) is 2.83. The van der Waals surface area contributed by atoms with Gasteiger partial charge in [-0.2, -0.15) is 0 Å². The van der Waals surface area contributed by atoms with Crippen molar-refractivity contribution in [3.8, 4) is 5.75 Å². The van der Waals surface area contributed by atoms with E-state index in [1.165, 1.54) is 18.4 Å². The minimum atomic E-state index is 0.726. The molecular weight excluding hydrogens is 200 g/mol. The number of methoxy groups -OCH3 is 1. The van der Waals surface area contributed by atoms with Gasteiger partial charge in [0.25, 0.3) is 0 Å². The lowest BCUT2D eigenvalue weighted by atomic mass is 10.1. The van der Waals surface area contributed by atoms with E-state index in [1.54, 1.807) is 7.11 Å². The lowest BCUT2D eigenvalue weighted by Crippen LogP contribution is -2.28. The van der Waals surface area contributed by atoms with Gasteiger partial charge in [0.2, 0.25) is 0 Å². The maximum Gasteiger partial charge on any atom is 0.118 e. The van der Waals surface area contributed by atoms with Gasteiger partial charge in [0.05, 0.1) is 7.11 Å². The zero-order chi connectivity index (χ0) is 11.4. The van der Waals surface area contributed by atoms with E-state index in [0.29, 0.717) is 0 Å². The number of hydrogen-bond donors (Lipinski definition) is 1. The largest absolute Gasteiger partial charge is 0.497 e. The summed E-state index contributed by atoms with van der Waals surface area (Å²) < 4.78 is 5.11. The predicted molar refractivity (Wildman–Crippen MR) is 65.2 cm³/mol. The van der Waals surface area contributed by atoms with Crippen molar-refractivity contribution in [2.24, 2.45) is 0 Å². The van der Waals surface area contributed by atoms with Crippen LogP contribution in [0.5, 0.6) is 5.75 Å². The van der Waals surface area contributed by atoms with Crippen molar-refractivity contribution < 1.29 is 4.74 Å². The summed E-state index contributed by atoms with van der Waals surface area (Å²) in [4.78, 5) is 2.17. The van der Waals surface area contributed by atoms with E-state index >= 15 is 0 Å². The van der Waals surface area contributed by atoms with Crippen molar-refractivity contribution in [3.63, 3.8) is 0 Å². The second kappa shape index (κ2) is 5.01. The molecule has 2 rings (SSSR count). The van der Waals surface area contributed by atoms with Crippen molar-refractivity contribution in [1.82, 2.24) is 4.90 Å². The molecule has 1 heterocycles. The van der Waals surface area contributed by atoms with Crippen LogP contribution in [0.15, 0.2) is 24.3 Å². The highest BCUT2D eigenvalue weighted by Crippen LogP contribution is 2.14. The Balaban J connectivity index is 1.94. The van der Waals surface area contributed by atoms with Gasteiger partial charge in [-0.25, -0.2) is 0 Å². The summed E-state index contributed by atoms with van der Waals surface area (Å²) in [7, 11) is 1.67. The lowest BCUT2D eigenvalue weighted by Gasteiger charge is -2.18. The van der Waals surface area contributed by atoms with Gasteiger partial charge >= 0.3 is 0 Å². The molecule has 0 aromatic heterocycles. The van der Waals surface area contributed by atoms with Crippen molar-refractivity contribution in [1.29, 1.82) is 5.41 Å². The van der Waals surface area contributed by atoms with E-state index < -0.39 is 0 Å². The molecule has 1 saturated heterocycles. The molecule has 86 valence electrons. The second-order valence-electron chi connectivity index (χ2n) is 4.17. The number of rotatable bonds is 3. The molecule has 1 aliphatic rings. The molecule has 1 aromatic carbocycles. The van der Waals surface area contributed by atoms with E-state index in [-0.39, 0.29) is 0 Å². The Morgan fingerprint density at radius 1 is 1.25 bits per heavy atom. The molecule has 0 unspecified atom stereocenters. The Kier molecular flexibility index (Phi) is 3.44. The number of benzene rings is 1. The molecule has 3 heteroatoms. The molecule has 0 bridgehead atoms. The number of hydrogen-bond acceptors (Lipinski definition) is 2. The van der Waals surface area contributed by atoms with Crippen molar-refractivity contribution >= 4 is 5.84 Å². The molecule has 16 heavy (non-hydrogen) atoms. The van der Waals surface area contributed by atoms with Crippen LogP contribution in [-0.4, -0.2) is 30.9 Å². The third-order valence-electron chi connectivity index (χ3n) is 3.02. The fourth-order valence-corrected chi connectivity index (χ4v) is 2.04. The van der Waals surface area contributed by atoms with Gasteiger partial charge in [0.15, 0.2) is 0 Å². The number of ether oxygens (including phenoxy) is 1. The summed E-state index contributed by atoms with van der Waals surface area (Å²) in [5, 5.41) is 8.02. The standard InChI is InChI=1S/C13H18N2O/c1-16-12-6-4-11(5-7-12)10-13(14)15-8-2-3-9-15/h4-7,14H,2-3,8-10H2,1H3. The quantitative estimate of drug-likeness (QED) is 0.624. The fourth-order valence-electron chi connectivity index (χ4n) is 2.04. The maximum atomic E-state index is 8.02. The molecule has 3 nitrogen and oxygen atoms in total. The van der Waals surface area contributed by atoms with Crippen molar-refractivity contribution in [2.75, 3.05) is 20.2 Å². The number of nitrogens with zero attached hydrogens (tertiary/aromatic N) is 1. The molecule has 0 aliphatic carbocycles. The minimum Gasteiger partial charge on any atom is -0.497 e. The first-order valence-corrected chi connectivity index (χ1v) is 5.75. The topological polar surface area (TPSA) is 36.3 Å². The first kappa shape index (κ1) is 11.0. The maximum absolute atomic E-state index is 8.02. The van der Waals surface area contributed by atoms with Gasteiger partial charge in [-0.3, -0.25) is 5.41 Å². The van der Waals surface area contributed by atoms with Crippen LogP contribution in [0.3, 0.4) is 0 Å². The predicted octanol–water partition coefficient (Wildman–Crippen LogP) is 2.31. The second-order valence-corrected chi connectivity index (χ2v) is 4.17. The Labute approximate surface area is 96.5 Å². The highest BCUT2D eigenvalue weighted by molar-refractivity contribution is 5.81. The third kappa shape index (κ3) is 2.54. The van der Waals surface area contributed by atoms with Crippen LogP contribution in [0.2, 0.25) is 0 Å². The van der Waals surface area contributed by atoms with Crippen LogP contribution in [0.1, 0.15) is 18.4 Å². The van der Waals surface area contributed by atoms with Crippen LogP contribution in [0.4, 0.5) is 0 Å². The zero-order valence-corrected chi connectivity index (χ0v) is 9.70. The summed E-state index contributed by atoms with van der Waals surface area (Å²) in [5.41, 5.74) is 1.18. The molecule has 0 saturated carbocycles. The molecule has 1 fully saturated rings. The van der Waals surface area contributed by atoms with Gasteiger partial charge in [-0.1, -0.05) is 12.1 Å². The van der Waals surface area contributed by atoms with E-state index in [2.05, 4.69) is 4.90 Å². The average molecular weight is 218 g/mol. The number of amidine groups is 1. The Morgan fingerprint density at radius 3 is 2.44 bits per heavy atom. The van der Waals surface area contributed by atoms with Crippen LogP contribution in [0, 0.1) is 5.41 Å². The van der Waals surface area contributed by atoms with Crippen molar-refractivity contribution in [2.45, 2.75) is 19.3 Å². The summed E-state index contributed by atoms with van der Waals surface area (Å²) >= 11 is 0. The first-order valence-electron chi connectivity index (χ1n) is 5.75. The summed E-state index contributed by atoms with van der Waals surface area (Å²) in [6, 6.07) is 7.96. The minimum absolute atomic E-state index is 0.726. The fraction of sp³-hybridized carbons (Fsp3) is 0.462. The van der Waals surface area contributed by atoms with Gasteiger partial charge in [0, 0.05) is 19.5 Å². The molecular formula is C13H18N2O. The molecule has 0 radical (unpaired) electrons. The van der Waals surface area contributed by atoms with E-state index in [0.717, 1.165) is 31.1 Å². The molecule has 0 atom stereocenters. The smallest absolute Gasteiger partial charge is 0.118 e. The highest BCUT2D eigenvalue weighted by Gasteiger charge is 2.14. The monoisotopic (exact) mass is 218 g/mol. The number of likely N-dealkylation sites (tertiary alicyclic amines) is 1. The van der Waals surface area contributed by atoms with Gasteiger partial charge < -0.3 is 9.64 Å². The van der Waals surface area contributed by atoms with Crippen LogP contribution < -0.4 is 4.74 Å². The van der Waals surface area contributed by atoms with Crippen LogP contribution in [-0.2, 0) is 6.42 Å². The van der Waals surface area contributed by atoms with Gasteiger partial charge in [0.1, 0.15) is 11.6 Å². The van der Waals surface area contributed by atoms with E-state index in [4.69, 9.17) is 10.1 Å². The highest BCUT2D eigenvalue weighted by atomic mass is 16.5. The molecule has 1 aliphatic heterocycles. The van der Waals surface area contributed by atoms with E-state index in [9.17, 15) is 0 Å². The van der Waals surface area contributed by atoms with E-state index in [1.807, 2.05) is 24.3 Å². The third-order valence-corrected chi connectivity index (χ3v) is 3.02. The Morgan fingerprint density at radius 2 is 1.88 bits per heavy atom. The lowest BCUT2D eigenvalue weighted by molar-refractivity contribution is 0.414. The molecule has 1 aromatic rings. The van der Waals surface area contributed by atoms with Crippen LogP contribution in [0.25, 0.3) is 0 Å². The molecule has 0 amide bonds. The Hall–Kier alpha value is -1.51. The SMILES string of the molecule is COc1ccc(CC(=N)N2CCCC2)cc1. The van der Waals surface area contributed by atoms with Gasteiger partial charge in [-0.05, 0) is 30.5 Å². The summed E-state index contributed by atoms with van der Waals surface area (Å²) in [6.07, 6.45) is 3.18. The molecule has 1 N–H and O–H groups in total. The Bertz CT molecular complexity index is 353. The summed E-state index contributed by atoms with van der Waals surface area (Å²) in [6.45, 7) is 2.10. The normalized spacial score (nSPS) is 15.2. The summed E-state index contributed by atoms with van der Waals surface area (Å²) in [5.74, 6) is 1.61. The number of nitrogens with one attached hydrogen (secondary N) is 1. The van der Waals surface area contributed by atoms with Gasteiger partial charge in [-0.15, -0.1) is 0 Å². The van der Waals surface area contributed by atoms with Crippen LogP contribution >= 0.6 is 0 Å². The molecule has 0 spiro atoms. The first-order chi connectivity index (χ1) is 7.79. The van der Waals surface area contributed by atoms with Crippen molar-refractivity contribution in [3.05, 3.63) is 29.8 Å². The zero-order valence-electron chi connectivity index (χ0n) is 9.70.